The van der Waals surface area contributed by atoms with E-state index in [1.807, 2.05) is 12.1 Å². The van der Waals surface area contributed by atoms with E-state index in [1.54, 1.807) is 0 Å². The highest BCUT2D eigenvalue weighted by molar-refractivity contribution is 5.47. The molecule has 0 fully saturated rings. The minimum absolute atomic E-state index is 0.669. The molecule has 0 atom stereocenters. The lowest BCUT2D eigenvalue weighted by molar-refractivity contribution is 0.170. The first-order valence-electron chi connectivity index (χ1n) is 4.79. The molecule has 0 bridgehead atoms. The van der Waals surface area contributed by atoms with E-state index in [0.29, 0.717) is 13.2 Å². The molecule has 0 N–H and O–H groups in total. The fourth-order valence-corrected chi connectivity index (χ4v) is 1.60. The number of para-hydroxylation sites is 1. The summed E-state index contributed by atoms with van der Waals surface area (Å²) in [5.74, 6) is 1.85. The molecule has 1 aromatic carbocycles. The summed E-state index contributed by atoms with van der Waals surface area (Å²) in [4.78, 5) is 0. The van der Waals surface area contributed by atoms with Crippen molar-refractivity contribution in [1.82, 2.24) is 0 Å². The number of hydrogen-bond acceptors (Lipinski definition) is 2. The quantitative estimate of drug-likeness (QED) is 0.692. The van der Waals surface area contributed by atoms with Gasteiger partial charge in [0.15, 0.2) is 11.5 Å². The second-order valence-corrected chi connectivity index (χ2v) is 3.19. The van der Waals surface area contributed by atoms with Crippen molar-refractivity contribution in [2.24, 2.45) is 0 Å². The summed E-state index contributed by atoms with van der Waals surface area (Å²) in [6.45, 7) is 3.51. The van der Waals surface area contributed by atoms with Crippen LogP contribution in [0.2, 0.25) is 0 Å². The summed E-state index contributed by atoms with van der Waals surface area (Å²) in [5.41, 5.74) is 1.26. The number of benzene rings is 1. The highest BCUT2D eigenvalue weighted by atomic mass is 16.6. The van der Waals surface area contributed by atoms with E-state index in [0.717, 1.165) is 24.3 Å². The fraction of sp³-hybridized carbons (Fsp3) is 0.455. The van der Waals surface area contributed by atoms with Crippen LogP contribution in [0.3, 0.4) is 0 Å². The van der Waals surface area contributed by atoms with Gasteiger partial charge in [-0.25, -0.2) is 0 Å². The Morgan fingerprint density at radius 3 is 2.92 bits per heavy atom. The first-order chi connectivity index (χ1) is 6.42. The highest BCUT2D eigenvalue weighted by Crippen LogP contribution is 2.33. The molecule has 70 valence electrons. The van der Waals surface area contributed by atoms with Gasteiger partial charge >= 0.3 is 0 Å². The minimum Gasteiger partial charge on any atom is -0.486 e. The second kappa shape index (κ2) is 3.69. The zero-order valence-electron chi connectivity index (χ0n) is 7.88. The standard InChI is InChI=1S/C11H14O2/c1-2-4-9-5-3-6-10-11(9)13-8-7-12-10/h3,5-6H,2,4,7-8H2,1H3. The summed E-state index contributed by atoms with van der Waals surface area (Å²) in [7, 11) is 0. The van der Waals surface area contributed by atoms with Crippen molar-refractivity contribution in [3.05, 3.63) is 23.8 Å². The van der Waals surface area contributed by atoms with Gasteiger partial charge in [0.05, 0.1) is 0 Å². The topological polar surface area (TPSA) is 18.5 Å². The Morgan fingerprint density at radius 1 is 1.23 bits per heavy atom. The van der Waals surface area contributed by atoms with E-state index in [1.165, 1.54) is 5.56 Å². The summed E-state index contributed by atoms with van der Waals surface area (Å²) >= 11 is 0. The average molecular weight is 178 g/mol. The molecule has 2 rings (SSSR count). The summed E-state index contributed by atoms with van der Waals surface area (Å²) in [5, 5.41) is 0. The molecule has 0 saturated heterocycles. The molecule has 0 aliphatic carbocycles. The molecule has 0 radical (unpaired) electrons. The van der Waals surface area contributed by atoms with Crippen molar-refractivity contribution in [1.29, 1.82) is 0 Å². The normalized spacial score (nSPS) is 14.2. The number of rotatable bonds is 2. The van der Waals surface area contributed by atoms with Crippen LogP contribution in [0, 0.1) is 0 Å². The predicted molar refractivity (Wildman–Crippen MR) is 51.4 cm³/mol. The van der Waals surface area contributed by atoms with E-state index in [2.05, 4.69) is 13.0 Å². The van der Waals surface area contributed by atoms with Gasteiger partial charge in [-0.2, -0.15) is 0 Å². The van der Waals surface area contributed by atoms with Crippen molar-refractivity contribution >= 4 is 0 Å². The van der Waals surface area contributed by atoms with Crippen LogP contribution in [0.4, 0.5) is 0 Å². The number of fused-ring (bicyclic) bond motifs is 1. The van der Waals surface area contributed by atoms with E-state index in [-0.39, 0.29) is 0 Å². The van der Waals surface area contributed by atoms with Crippen LogP contribution >= 0.6 is 0 Å². The Balaban J connectivity index is 2.34. The van der Waals surface area contributed by atoms with Gasteiger partial charge in [-0.05, 0) is 18.1 Å². The van der Waals surface area contributed by atoms with Gasteiger partial charge in [0.1, 0.15) is 13.2 Å². The highest BCUT2D eigenvalue weighted by Gasteiger charge is 2.14. The van der Waals surface area contributed by atoms with Crippen LogP contribution in [0.1, 0.15) is 18.9 Å². The summed E-state index contributed by atoms with van der Waals surface area (Å²) in [6, 6.07) is 6.10. The van der Waals surface area contributed by atoms with E-state index < -0.39 is 0 Å². The molecule has 0 aromatic heterocycles. The van der Waals surface area contributed by atoms with Gasteiger partial charge in [0.25, 0.3) is 0 Å². The second-order valence-electron chi connectivity index (χ2n) is 3.19. The zero-order chi connectivity index (χ0) is 9.10. The van der Waals surface area contributed by atoms with Crippen LogP contribution in [0.5, 0.6) is 11.5 Å². The third kappa shape index (κ3) is 1.62. The van der Waals surface area contributed by atoms with E-state index >= 15 is 0 Å². The zero-order valence-corrected chi connectivity index (χ0v) is 7.88. The Hall–Kier alpha value is -1.18. The maximum atomic E-state index is 5.58. The van der Waals surface area contributed by atoms with Crippen LogP contribution in [-0.2, 0) is 6.42 Å². The largest absolute Gasteiger partial charge is 0.486 e. The number of hydrogen-bond donors (Lipinski definition) is 0. The number of ether oxygens (including phenoxy) is 2. The molecule has 13 heavy (non-hydrogen) atoms. The molecule has 0 unspecified atom stereocenters. The Bertz CT molecular complexity index is 294. The monoisotopic (exact) mass is 178 g/mol. The SMILES string of the molecule is CCCc1cccc2c1OCCO2. The van der Waals surface area contributed by atoms with Crippen LogP contribution in [0.25, 0.3) is 0 Å². The molecule has 1 aliphatic heterocycles. The van der Waals surface area contributed by atoms with Gasteiger partial charge in [-0.15, -0.1) is 0 Å². The van der Waals surface area contributed by atoms with E-state index in [4.69, 9.17) is 9.47 Å². The molecule has 2 heteroatoms. The van der Waals surface area contributed by atoms with Crippen LogP contribution in [-0.4, -0.2) is 13.2 Å². The Morgan fingerprint density at radius 2 is 2.08 bits per heavy atom. The van der Waals surface area contributed by atoms with Crippen LogP contribution < -0.4 is 9.47 Å². The van der Waals surface area contributed by atoms with Gasteiger partial charge in [-0.3, -0.25) is 0 Å². The van der Waals surface area contributed by atoms with Gasteiger partial charge < -0.3 is 9.47 Å². The molecule has 1 aromatic rings. The lowest BCUT2D eigenvalue weighted by atomic mass is 10.1. The third-order valence-electron chi connectivity index (χ3n) is 2.17. The number of aryl methyl sites for hydroxylation is 1. The molecule has 2 nitrogen and oxygen atoms in total. The van der Waals surface area contributed by atoms with Gasteiger partial charge in [0.2, 0.25) is 0 Å². The van der Waals surface area contributed by atoms with Gasteiger partial charge in [0, 0.05) is 0 Å². The average Bonchev–Trinajstić information content (AvgIpc) is 2.19. The van der Waals surface area contributed by atoms with E-state index in [9.17, 15) is 0 Å². The maximum absolute atomic E-state index is 5.58. The Kier molecular flexibility index (Phi) is 2.39. The third-order valence-corrected chi connectivity index (χ3v) is 2.17. The summed E-state index contributed by atoms with van der Waals surface area (Å²) in [6.07, 6.45) is 2.20. The smallest absolute Gasteiger partial charge is 0.164 e. The minimum atomic E-state index is 0.669. The van der Waals surface area contributed by atoms with Crippen molar-refractivity contribution in [2.75, 3.05) is 13.2 Å². The van der Waals surface area contributed by atoms with Crippen molar-refractivity contribution < 1.29 is 9.47 Å². The lowest BCUT2D eigenvalue weighted by Crippen LogP contribution is -2.16. The predicted octanol–water partition coefficient (Wildman–Crippen LogP) is 2.41. The molecule has 1 aliphatic rings. The summed E-state index contributed by atoms with van der Waals surface area (Å²) < 4.78 is 11.1. The molecule has 0 saturated carbocycles. The van der Waals surface area contributed by atoms with Crippen LogP contribution in [0.15, 0.2) is 18.2 Å². The van der Waals surface area contributed by atoms with Crippen molar-refractivity contribution in [2.45, 2.75) is 19.8 Å². The first kappa shape index (κ1) is 8.42. The molecular formula is C11H14O2. The first-order valence-corrected chi connectivity index (χ1v) is 4.79. The van der Waals surface area contributed by atoms with Crippen molar-refractivity contribution in [3.8, 4) is 11.5 Å². The fourth-order valence-electron chi connectivity index (χ4n) is 1.60. The van der Waals surface area contributed by atoms with Gasteiger partial charge in [-0.1, -0.05) is 25.5 Å². The molecule has 0 amide bonds. The van der Waals surface area contributed by atoms with Crippen molar-refractivity contribution in [3.63, 3.8) is 0 Å². The Labute approximate surface area is 78.5 Å². The molecule has 0 spiro atoms. The lowest BCUT2D eigenvalue weighted by Gasteiger charge is -2.20. The molecule has 1 heterocycles. The molecular weight excluding hydrogens is 164 g/mol. The maximum Gasteiger partial charge on any atom is 0.164 e.